The summed E-state index contributed by atoms with van der Waals surface area (Å²) in [4.78, 5) is 28.0. The number of benzene rings is 2. The number of para-hydroxylation sites is 1. The average molecular weight is 465 g/mol. The standard InChI is InChI=1S/C20H21FN4O4S2/c1-24-19(27)17(12-18(26)23-16-5-3-2-4-15(16)21)25(20(24)30)11-10-13-6-8-14(9-7-13)31(22,28)29/h2-9,17H,10-12H2,1H3,(H,23,26)(H2,22,28,29)/t17-/m1/s1. The molecule has 0 radical (unpaired) electrons. The lowest BCUT2D eigenvalue weighted by Gasteiger charge is -2.23. The van der Waals surface area contributed by atoms with Gasteiger partial charge in [0, 0.05) is 13.6 Å². The molecule has 3 rings (SSSR count). The molecule has 11 heteroatoms. The van der Waals surface area contributed by atoms with Crippen LogP contribution in [0.25, 0.3) is 0 Å². The Hall–Kier alpha value is -2.89. The smallest absolute Gasteiger partial charge is 0.251 e. The topological polar surface area (TPSA) is 113 Å². The van der Waals surface area contributed by atoms with Gasteiger partial charge in [-0.25, -0.2) is 17.9 Å². The number of halogens is 1. The molecule has 2 amide bonds. The third-order valence-electron chi connectivity index (χ3n) is 4.94. The van der Waals surface area contributed by atoms with Gasteiger partial charge >= 0.3 is 0 Å². The number of nitrogens with one attached hydrogen (secondary N) is 1. The van der Waals surface area contributed by atoms with Gasteiger partial charge in [-0.2, -0.15) is 0 Å². The molecule has 1 aliphatic rings. The molecule has 0 bridgehead atoms. The van der Waals surface area contributed by atoms with Crippen molar-refractivity contribution in [2.45, 2.75) is 23.8 Å². The molecule has 2 aromatic carbocycles. The molecule has 0 aliphatic carbocycles. The Morgan fingerprint density at radius 3 is 2.45 bits per heavy atom. The second-order valence-electron chi connectivity index (χ2n) is 7.06. The van der Waals surface area contributed by atoms with Gasteiger partial charge in [0.2, 0.25) is 15.9 Å². The van der Waals surface area contributed by atoms with Crippen molar-refractivity contribution in [2.24, 2.45) is 5.14 Å². The molecule has 0 spiro atoms. The predicted octanol–water partition coefficient (Wildman–Crippen LogP) is 1.47. The quantitative estimate of drug-likeness (QED) is 0.600. The van der Waals surface area contributed by atoms with Crippen molar-refractivity contribution >= 4 is 44.9 Å². The minimum atomic E-state index is -3.78. The highest BCUT2D eigenvalue weighted by atomic mass is 32.2. The van der Waals surface area contributed by atoms with E-state index in [0.29, 0.717) is 13.0 Å². The molecular formula is C20H21FN4O4S2. The Labute approximate surface area is 184 Å². The molecule has 1 saturated heterocycles. The summed E-state index contributed by atoms with van der Waals surface area (Å²) in [6.07, 6.45) is 0.263. The van der Waals surface area contributed by atoms with Gasteiger partial charge in [0.25, 0.3) is 5.91 Å². The first-order valence-corrected chi connectivity index (χ1v) is 11.3. The number of carbonyl (C=O) groups is 2. The van der Waals surface area contributed by atoms with Crippen molar-refractivity contribution < 1.29 is 22.4 Å². The number of thiocarbonyl (C=S) groups is 1. The number of sulfonamides is 1. The van der Waals surface area contributed by atoms with Gasteiger partial charge in [-0.15, -0.1) is 0 Å². The first-order chi connectivity index (χ1) is 14.6. The monoisotopic (exact) mass is 464 g/mol. The highest BCUT2D eigenvalue weighted by Gasteiger charge is 2.41. The molecule has 1 heterocycles. The van der Waals surface area contributed by atoms with Gasteiger partial charge in [-0.05, 0) is 48.5 Å². The van der Waals surface area contributed by atoms with E-state index >= 15 is 0 Å². The average Bonchev–Trinajstić information content (AvgIpc) is 2.91. The van der Waals surface area contributed by atoms with Crippen molar-refractivity contribution in [3.8, 4) is 0 Å². The number of anilines is 1. The van der Waals surface area contributed by atoms with Crippen LogP contribution in [0.1, 0.15) is 12.0 Å². The zero-order chi connectivity index (χ0) is 22.8. The van der Waals surface area contributed by atoms with Crippen LogP contribution in [0.4, 0.5) is 10.1 Å². The number of rotatable bonds is 7. The van der Waals surface area contributed by atoms with Gasteiger partial charge < -0.3 is 10.2 Å². The minimum Gasteiger partial charge on any atom is -0.336 e. The van der Waals surface area contributed by atoms with Crippen LogP contribution in [-0.4, -0.2) is 54.8 Å². The third kappa shape index (κ3) is 5.24. The number of carbonyl (C=O) groups excluding carboxylic acids is 2. The molecule has 1 atom stereocenters. The van der Waals surface area contributed by atoms with Gasteiger partial charge in [0.1, 0.15) is 11.9 Å². The number of nitrogens with zero attached hydrogens (tertiary/aromatic N) is 2. The Kier molecular flexibility index (Phi) is 6.68. The summed E-state index contributed by atoms with van der Waals surface area (Å²) in [5, 5.41) is 7.87. The van der Waals surface area contributed by atoms with Crippen LogP contribution >= 0.6 is 12.2 Å². The lowest BCUT2D eigenvalue weighted by Crippen LogP contribution is -2.39. The minimum absolute atomic E-state index is 0.00514. The summed E-state index contributed by atoms with van der Waals surface area (Å²) in [5.41, 5.74) is 0.849. The fraction of sp³-hybridized carbons (Fsp3) is 0.250. The number of amides is 2. The van der Waals surface area contributed by atoms with Gasteiger partial charge in [-0.1, -0.05) is 24.3 Å². The molecule has 0 saturated carbocycles. The Morgan fingerprint density at radius 1 is 1.19 bits per heavy atom. The fourth-order valence-electron chi connectivity index (χ4n) is 3.26. The van der Waals surface area contributed by atoms with E-state index in [4.69, 9.17) is 17.4 Å². The number of nitrogens with two attached hydrogens (primary N) is 1. The van der Waals surface area contributed by atoms with Crippen molar-refractivity contribution in [1.82, 2.24) is 9.80 Å². The van der Waals surface area contributed by atoms with E-state index in [-0.39, 0.29) is 28.0 Å². The van der Waals surface area contributed by atoms with Crippen LogP contribution in [0.15, 0.2) is 53.4 Å². The molecular weight excluding hydrogens is 443 g/mol. The number of hydrogen-bond acceptors (Lipinski definition) is 5. The summed E-state index contributed by atoms with van der Waals surface area (Å²) >= 11 is 5.35. The van der Waals surface area contributed by atoms with Crippen LogP contribution in [0, 0.1) is 5.82 Å². The zero-order valence-electron chi connectivity index (χ0n) is 16.6. The Morgan fingerprint density at radius 2 is 1.84 bits per heavy atom. The molecule has 164 valence electrons. The predicted molar refractivity (Wildman–Crippen MR) is 117 cm³/mol. The fourth-order valence-corrected chi connectivity index (χ4v) is 4.08. The van der Waals surface area contributed by atoms with Crippen molar-refractivity contribution in [1.29, 1.82) is 0 Å². The van der Waals surface area contributed by atoms with E-state index in [0.717, 1.165) is 5.56 Å². The molecule has 2 aromatic rings. The van der Waals surface area contributed by atoms with E-state index in [1.807, 2.05) is 0 Å². The molecule has 0 unspecified atom stereocenters. The highest BCUT2D eigenvalue weighted by Crippen LogP contribution is 2.22. The number of hydrogen-bond donors (Lipinski definition) is 2. The van der Waals surface area contributed by atoms with Crippen LogP contribution in [0.5, 0.6) is 0 Å². The maximum absolute atomic E-state index is 13.8. The number of primary sulfonamides is 1. The molecule has 1 aliphatic heterocycles. The molecule has 8 nitrogen and oxygen atoms in total. The second-order valence-corrected chi connectivity index (χ2v) is 8.99. The first-order valence-electron chi connectivity index (χ1n) is 9.32. The van der Waals surface area contributed by atoms with Crippen LogP contribution in [0.2, 0.25) is 0 Å². The molecule has 0 aromatic heterocycles. The van der Waals surface area contributed by atoms with E-state index in [2.05, 4.69) is 5.32 Å². The summed E-state index contributed by atoms with van der Waals surface area (Å²) in [5.74, 6) is -1.40. The molecule has 1 fully saturated rings. The number of likely N-dealkylation sites (N-methyl/N-ethyl adjacent to an activating group) is 1. The lowest BCUT2D eigenvalue weighted by atomic mass is 10.1. The van der Waals surface area contributed by atoms with Gasteiger partial charge in [0.05, 0.1) is 17.0 Å². The van der Waals surface area contributed by atoms with E-state index in [1.54, 1.807) is 23.1 Å². The van der Waals surface area contributed by atoms with Gasteiger partial charge in [0.15, 0.2) is 5.11 Å². The van der Waals surface area contributed by atoms with Gasteiger partial charge in [-0.3, -0.25) is 14.5 Å². The molecule has 3 N–H and O–H groups in total. The summed E-state index contributed by atoms with van der Waals surface area (Å²) in [6, 6.07) is 11.0. The maximum atomic E-state index is 13.8. The van der Waals surface area contributed by atoms with Crippen LogP contribution in [-0.2, 0) is 26.0 Å². The third-order valence-corrected chi connectivity index (χ3v) is 6.38. The first kappa shape index (κ1) is 22.8. The normalized spacial score (nSPS) is 16.7. The van der Waals surface area contributed by atoms with E-state index < -0.39 is 27.8 Å². The SMILES string of the molecule is CN1C(=O)[C@@H](CC(=O)Nc2ccccc2F)N(CCc2ccc(S(N)(=O)=O)cc2)C1=S. The lowest BCUT2D eigenvalue weighted by molar-refractivity contribution is -0.130. The Balaban J connectivity index is 1.69. The van der Waals surface area contributed by atoms with Crippen molar-refractivity contribution in [2.75, 3.05) is 18.9 Å². The van der Waals surface area contributed by atoms with E-state index in [9.17, 15) is 22.4 Å². The largest absolute Gasteiger partial charge is 0.336 e. The second kappa shape index (κ2) is 9.08. The van der Waals surface area contributed by atoms with E-state index in [1.165, 1.54) is 42.3 Å². The van der Waals surface area contributed by atoms with Crippen LogP contribution in [0.3, 0.4) is 0 Å². The van der Waals surface area contributed by atoms with Crippen molar-refractivity contribution in [3.05, 3.63) is 59.9 Å². The maximum Gasteiger partial charge on any atom is 0.251 e. The molecule has 31 heavy (non-hydrogen) atoms. The zero-order valence-corrected chi connectivity index (χ0v) is 18.2. The summed E-state index contributed by atoms with van der Waals surface area (Å²) in [7, 11) is -2.24. The van der Waals surface area contributed by atoms with Crippen LogP contribution < -0.4 is 10.5 Å². The van der Waals surface area contributed by atoms with Crippen molar-refractivity contribution in [3.63, 3.8) is 0 Å². The highest BCUT2D eigenvalue weighted by molar-refractivity contribution is 7.89. The summed E-state index contributed by atoms with van der Waals surface area (Å²) in [6.45, 7) is 0.335. The summed E-state index contributed by atoms with van der Waals surface area (Å²) < 4.78 is 36.5. The Bertz CT molecular complexity index is 1120.